The highest BCUT2D eigenvalue weighted by molar-refractivity contribution is 5.96. The number of ether oxygens (including phenoxy) is 1. The molecule has 0 aliphatic rings. The lowest BCUT2D eigenvalue weighted by Gasteiger charge is -2.24. The number of rotatable bonds is 4. The highest BCUT2D eigenvalue weighted by Crippen LogP contribution is 2.19. The largest absolute Gasteiger partial charge is 0.502 e. The van der Waals surface area contributed by atoms with Crippen LogP contribution in [0.15, 0.2) is 36.1 Å². The van der Waals surface area contributed by atoms with Crippen molar-refractivity contribution >= 4 is 11.9 Å². The number of likely N-dealkylation sites (N-methyl/N-ethyl adjacent to an activating group) is 1. The topological polar surface area (TPSA) is 66.8 Å². The Balaban J connectivity index is 2.83. The van der Waals surface area contributed by atoms with Crippen LogP contribution in [-0.4, -0.2) is 36.0 Å². The second kappa shape index (κ2) is 6.70. The number of aliphatic hydroxyl groups is 1. The predicted molar refractivity (Wildman–Crippen MR) is 70.3 cm³/mol. The van der Waals surface area contributed by atoms with Gasteiger partial charge in [0.2, 0.25) is 5.76 Å². The molecule has 0 aliphatic carbocycles. The molecule has 0 fully saturated rings. The Morgan fingerprint density at radius 2 is 1.90 bits per heavy atom. The van der Waals surface area contributed by atoms with E-state index in [1.165, 1.54) is 24.1 Å². The molecule has 1 aromatic carbocycles. The number of benzene rings is 1. The van der Waals surface area contributed by atoms with Crippen molar-refractivity contribution in [2.45, 2.75) is 13.0 Å². The maximum atomic E-state index is 12.8. The number of halogens is 1. The molecule has 0 radical (unpaired) electrons. The quantitative estimate of drug-likeness (QED) is 0.520. The molecule has 0 saturated heterocycles. The molecule has 0 aliphatic heterocycles. The summed E-state index contributed by atoms with van der Waals surface area (Å²) in [5.41, 5.74) is 0.730. The fourth-order valence-electron chi connectivity index (χ4n) is 1.54. The van der Waals surface area contributed by atoms with Crippen LogP contribution in [0.2, 0.25) is 0 Å². The summed E-state index contributed by atoms with van der Waals surface area (Å²) in [6.45, 7) is 1.74. The molecular formula is C14H16FNO4. The molecule has 108 valence electrons. The summed E-state index contributed by atoms with van der Waals surface area (Å²) in [6, 6.07) is 5.38. The third-order valence-corrected chi connectivity index (χ3v) is 2.94. The molecule has 1 atom stereocenters. The standard InChI is InChI=1S/C14H16FNO4/c1-9(10-4-6-11(15)7-5-10)16(2)13(18)8-12(17)14(19)20-3/h4-9,17H,1-3H3/b12-8-. The third kappa shape index (κ3) is 3.81. The summed E-state index contributed by atoms with van der Waals surface area (Å²) in [6.07, 6.45) is 0.784. The summed E-state index contributed by atoms with van der Waals surface area (Å²) < 4.78 is 17.1. The molecule has 1 amide bonds. The van der Waals surface area contributed by atoms with Gasteiger partial charge in [0, 0.05) is 7.05 Å². The molecule has 0 saturated carbocycles. The molecule has 0 aromatic heterocycles. The first-order valence-corrected chi connectivity index (χ1v) is 5.88. The molecule has 5 nitrogen and oxygen atoms in total. The normalized spacial score (nSPS) is 12.7. The van der Waals surface area contributed by atoms with Crippen molar-refractivity contribution in [2.75, 3.05) is 14.2 Å². The van der Waals surface area contributed by atoms with Crippen LogP contribution in [0.25, 0.3) is 0 Å². The Bertz CT molecular complexity index is 524. The number of hydrogen-bond donors (Lipinski definition) is 1. The summed E-state index contributed by atoms with van der Waals surface area (Å²) in [5.74, 6) is -2.68. The second-order valence-corrected chi connectivity index (χ2v) is 4.20. The molecule has 1 N–H and O–H groups in total. The van der Waals surface area contributed by atoms with Gasteiger partial charge < -0.3 is 14.7 Å². The first-order chi connectivity index (χ1) is 9.36. The number of hydrogen-bond acceptors (Lipinski definition) is 4. The van der Waals surface area contributed by atoms with E-state index in [0.29, 0.717) is 0 Å². The van der Waals surface area contributed by atoms with Crippen LogP contribution in [0.3, 0.4) is 0 Å². The zero-order chi connectivity index (χ0) is 15.3. The molecule has 1 aromatic rings. The zero-order valence-corrected chi connectivity index (χ0v) is 11.5. The van der Waals surface area contributed by atoms with Gasteiger partial charge in [0.1, 0.15) is 5.82 Å². The van der Waals surface area contributed by atoms with Crippen molar-refractivity contribution in [1.82, 2.24) is 4.90 Å². The van der Waals surface area contributed by atoms with Crippen molar-refractivity contribution in [2.24, 2.45) is 0 Å². The number of aliphatic hydroxyl groups excluding tert-OH is 1. The lowest BCUT2D eigenvalue weighted by Crippen LogP contribution is -2.28. The minimum atomic E-state index is -0.985. The van der Waals surface area contributed by atoms with Gasteiger partial charge in [0.25, 0.3) is 5.91 Å². The predicted octanol–water partition coefficient (Wildman–Crippen LogP) is 1.96. The van der Waals surface area contributed by atoms with Gasteiger partial charge in [-0.1, -0.05) is 12.1 Å². The smallest absolute Gasteiger partial charge is 0.373 e. The lowest BCUT2D eigenvalue weighted by molar-refractivity contribution is -0.139. The third-order valence-electron chi connectivity index (χ3n) is 2.94. The Hall–Kier alpha value is -2.37. The van der Waals surface area contributed by atoms with E-state index in [1.54, 1.807) is 19.1 Å². The maximum Gasteiger partial charge on any atom is 0.373 e. The van der Waals surface area contributed by atoms with Gasteiger partial charge in [-0.15, -0.1) is 0 Å². The van der Waals surface area contributed by atoms with E-state index in [0.717, 1.165) is 18.7 Å². The Labute approximate surface area is 116 Å². The van der Waals surface area contributed by atoms with Gasteiger partial charge in [-0.3, -0.25) is 4.79 Å². The Kier molecular flexibility index (Phi) is 5.25. The van der Waals surface area contributed by atoms with E-state index in [2.05, 4.69) is 4.74 Å². The molecule has 0 heterocycles. The molecule has 0 spiro atoms. The van der Waals surface area contributed by atoms with E-state index in [4.69, 9.17) is 0 Å². The van der Waals surface area contributed by atoms with E-state index < -0.39 is 17.6 Å². The number of nitrogens with zero attached hydrogens (tertiary/aromatic N) is 1. The Morgan fingerprint density at radius 1 is 1.35 bits per heavy atom. The van der Waals surface area contributed by atoms with Gasteiger partial charge in [-0.2, -0.15) is 0 Å². The van der Waals surface area contributed by atoms with Crippen LogP contribution in [0.5, 0.6) is 0 Å². The van der Waals surface area contributed by atoms with Crippen LogP contribution in [-0.2, 0) is 14.3 Å². The number of carbonyl (C=O) groups is 2. The second-order valence-electron chi connectivity index (χ2n) is 4.20. The minimum Gasteiger partial charge on any atom is -0.502 e. The van der Waals surface area contributed by atoms with Gasteiger partial charge in [0.05, 0.1) is 19.2 Å². The van der Waals surface area contributed by atoms with Crippen molar-refractivity contribution < 1.29 is 23.8 Å². The number of amides is 1. The van der Waals surface area contributed by atoms with Gasteiger partial charge in [-0.25, -0.2) is 9.18 Å². The van der Waals surface area contributed by atoms with Gasteiger partial charge >= 0.3 is 5.97 Å². The molecule has 1 unspecified atom stereocenters. The van der Waals surface area contributed by atoms with Crippen molar-refractivity contribution in [3.8, 4) is 0 Å². The fourth-order valence-corrected chi connectivity index (χ4v) is 1.54. The first-order valence-electron chi connectivity index (χ1n) is 5.88. The van der Waals surface area contributed by atoms with E-state index in [1.807, 2.05) is 0 Å². The number of carbonyl (C=O) groups excluding carboxylic acids is 2. The van der Waals surface area contributed by atoms with E-state index >= 15 is 0 Å². The maximum absolute atomic E-state index is 12.8. The van der Waals surface area contributed by atoms with Gasteiger partial charge in [-0.05, 0) is 24.6 Å². The van der Waals surface area contributed by atoms with Crippen molar-refractivity contribution in [3.63, 3.8) is 0 Å². The van der Waals surface area contributed by atoms with Crippen LogP contribution in [0.4, 0.5) is 4.39 Å². The van der Waals surface area contributed by atoms with Crippen LogP contribution in [0, 0.1) is 5.82 Å². The summed E-state index contributed by atoms with van der Waals surface area (Å²) in [7, 11) is 2.61. The minimum absolute atomic E-state index is 0.343. The van der Waals surface area contributed by atoms with Crippen LogP contribution in [0.1, 0.15) is 18.5 Å². The number of methoxy groups -OCH3 is 1. The number of esters is 1. The molecule has 6 heteroatoms. The van der Waals surface area contributed by atoms with Crippen molar-refractivity contribution in [3.05, 3.63) is 47.5 Å². The zero-order valence-electron chi connectivity index (χ0n) is 11.5. The lowest BCUT2D eigenvalue weighted by atomic mass is 10.1. The highest BCUT2D eigenvalue weighted by atomic mass is 19.1. The van der Waals surface area contributed by atoms with Crippen LogP contribution < -0.4 is 0 Å². The van der Waals surface area contributed by atoms with Crippen LogP contribution >= 0.6 is 0 Å². The monoisotopic (exact) mass is 281 g/mol. The molecular weight excluding hydrogens is 265 g/mol. The SMILES string of the molecule is COC(=O)/C(O)=C/C(=O)N(C)C(C)c1ccc(F)cc1. The Morgan fingerprint density at radius 3 is 2.40 bits per heavy atom. The van der Waals surface area contributed by atoms with E-state index in [-0.39, 0.29) is 11.9 Å². The van der Waals surface area contributed by atoms with E-state index in [9.17, 15) is 19.1 Å². The van der Waals surface area contributed by atoms with Gasteiger partial charge in [0.15, 0.2) is 0 Å². The summed E-state index contributed by atoms with van der Waals surface area (Å²) in [4.78, 5) is 24.2. The summed E-state index contributed by atoms with van der Waals surface area (Å²) in [5, 5.41) is 9.32. The first kappa shape index (κ1) is 15.7. The summed E-state index contributed by atoms with van der Waals surface area (Å²) >= 11 is 0. The molecule has 20 heavy (non-hydrogen) atoms. The fraction of sp³-hybridized carbons (Fsp3) is 0.286. The highest BCUT2D eigenvalue weighted by Gasteiger charge is 2.18. The average molecular weight is 281 g/mol. The van der Waals surface area contributed by atoms with Crippen molar-refractivity contribution in [1.29, 1.82) is 0 Å². The molecule has 0 bridgehead atoms. The average Bonchev–Trinajstić information content (AvgIpc) is 2.45. The molecule has 1 rings (SSSR count).